The smallest absolute Gasteiger partial charge is 0.224 e. The summed E-state index contributed by atoms with van der Waals surface area (Å²) in [6.45, 7) is 3.98. The summed E-state index contributed by atoms with van der Waals surface area (Å²) in [6, 6.07) is 11.1. The molecule has 122 valence electrons. The van der Waals surface area contributed by atoms with Gasteiger partial charge in [-0.1, -0.05) is 12.1 Å². The largest absolute Gasteiger partial charge is 0.326 e. The van der Waals surface area contributed by atoms with Crippen molar-refractivity contribution in [3.63, 3.8) is 0 Å². The molecule has 0 aliphatic rings. The average Bonchev–Trinajstić information content (AvgIpc) is 3.03. The van der Waals surface area contributed by atoms with Crippen molar-refractivity contribution in [1.82, 2.24) is 10.2 Å². The van der Waals surface area contributed by atoms with Crippen LogP contribution in [-0.2, 0) is 4.79 Å². The van der Waals surface area contributed by atoms with Gasteiger partial charge in [0, 0.05) is 29.5 Å². The fourth-order valence-electron chi connectivity index (χ4n) is 2.53. The molecule has 24 heavy (non-hydrogen) atoms. The molecule has 0 radical (unpaired) electrons. The zero-order valence-corrected chi connectivity index (χ0v) is 13.7. The molecule has 0 bridgehead atoms. The molecule has 1 aromatic heterocycles. The lowest BCUT2D eigenvalue weighted by Crippen LogP contribution is -2.13. The molecule has 1 amide bonds. The van der Waals surface area contributed by atoms with E-state index in [1.54, 1.807) is 6.20 Å². The Morgan fingerprint density at radius 2 is 1.88 bits per heavy atom. The number of anilines is 1. The lowest BCUT2D eigenvalue weighted by atomic mass is 10.0. The maximum Gasteiger partial charge on any atom is 0.224 e. The van der Waals surface area contributed by atoms with E-state index in [9.17, 15) is 9.59 Å². The number of benzene rings is 2. The highest BCUT2D eigenvalue weighted by Gasteiger charge is 2.10. The number of Topliss-reactive ketones (excluding diaryl/α,β-unsaturated/α-hetero) is 1. The monoisotopic (exact) mass is 321 g/mol. The first-order chi connectivity index (χ1) is 11.5. The molecule has 0 spiro atoms. The lowest BCUT2D eigenvalue weighted by Gasteiger charge is -2.06. The number of hydrogen-bond donors (Lipinski definition) is 2. The van der Waals surface area contributed by atoms with Gasteiger partial charge in [-0.05, 0) is 49.2 Å². The molecule has 2 N–H and O–H groups in total. The first-order valence-corrected chi connectivity index (χ1v) is 7.86. The molecule has 3 aromatic rings. The number of nitrogens with zero attached hydrogens (tertiary/aromatic N) is 1. The lowest BCUT2D eigenvalue weighted by molar-refractivity contribution is -0.116. The van der Waals surface area contributed by atoms with Crippen molar-refractivity contribution < 1.29 is 9.59 Å². The van der Waals surface area contributed by atoms with E-state index in [1.807, 2.05) is 50.2 Å². The Kier molecular flexibility index (Phi) is 4.42. The van der Waals surface area contributed by atoms with Crippen molar-refractivity contribution >= 4 is 28.3 Å². The minimum Gasteiger partial charge on any atom is -0.326 e. The van der Waals surface area contributed by atoms with Crippen LogP contribution in [0.2, 0.25) is 0 Å². The highest BCUT2D eigenvalue weighted by molar-refractivity contribution is 6.00. The molecule has 5 nitrogen and oxygen atoms in total. The molecule has 0 atom stereocenters. The van der Waals surface area contributed by atoms with Crippen LogP contribution in [0.15, 0.2) is 42.6 Å². The second-order valence-corrected chi connectivity index (χ2v) is 5.94. The van der Waals surface area contributed by atoms with E-state index in [4.69, 9.17) is 0 Å². The van der Waals surface area contributed by atoms with Crippen LogP contribution in [0.4, 0.5) is 5.69 Å². The number of ketones is 1. The van der Waals surface area contributed by atoms with E-state index in [0.717, 1.165) is 22.0 Å². The second-order valence-electron chi connectivity index (χ2n) is 5.94. The van der Waals surface area contributed by atoms with Gasteiger partial charge < -0.3 is 5.32 Å². The van der Waals surface area contributed by atoms with Gasteiger partial charge in [0.05, 0.1) is 11.7 Å². The number of carbonyl (C=O) groups is 2. The van der Waals surface area contributed by atoms with E-state index in [2.05, 4.69) is 15.5 Å². The molecule has 0 saturated heterocycles. The van der Waals surface area contributed by atoms with Gasteiger partial charge in [0.15, 0.2) is 5.78 Å². The zero-order chi connectivity index (χ0) is 17.1. The first-order valence-electron chi connectivity index (χ1n) is 7.86. The van der Waals surface area contributed by atoms with Crippen LogP contribution in [0.25, 0.3) is 10.9 Å². The predicted molar refractivity (Wildman–Crippen MR) is 94.2 cm³/mol. The van der Waals surface area contributed by atoms with Crippen LogP contribution in [0.3, 0.4) is 0 Å². The summed E-state index contributed by atoms with van der Waals surface area (Å²) >= 11 is 0. The number of hydrogen-bond acceptors (Lipinski definition) is 3. The average molecular weight is 321 g/mol. The Bertz CT molecular complexity index is 912. The summed E-state index contributed by atoms with van der Waals surface area (Å²) < 4.78 is 0. The number of aryl methyl sites for hydroxylation is 2. The number of aromatic amines is 1. The highest BCUT2D eigenvalue weighted by atomic mass is 16.2. The van der Waals surface area contributed by atoms with Crippen LogP contribution in [0.5, 0.6) is 0 Å². The van der Waals surface area contributed by atoms with E-state index in [1.165, 1.54) is 0 Å². The van der Waals surface area contributed by atoms with Gasteiger partial charge in [0.2, 0.25) is 5.91 Å². The third-order valence-electron chi connectivity index (χ3n) is 4.13. The molecule has 0 unspecified atom stereocenters. The third-order valence-corrected chi connectivity index (χ3v) is 4.13. The Labute approximate surface area is 140 Å². The van der Waals surface area contributed by atoms with Crippen LogP contribution < -0.4 is 5.32 Å². The van der Waals surface area contributed by atoms with Gasteiger partial charge in [0.1, 0.15) is 0 Å². The summed E-state index contributed by atoms with van der Waals surface area (Å²) in [5, 5.41) is 10.6. The summed E-state index contributed by atoms with van der Waals surface area (Å²) in [7, 11) is 0. The standard InChI is InChI=1S/C19H19N3O2/c1-12-3-4-14(9-13(12)2)18(23)7-8-19(24)21-16-5-6-17-15(10-16)11-20-22-17/h3-6,9-11H,7-8H2,1-2H3,(H,20,22)(H,21,24). The van der Waals surface area contributed by atoms with E-state index in [0.29, 0.717) is 11.3 Å². The summed E-state index contributed by atoms with van der Waals surface area (Å²) in [4.78, 5) is 24.3. The van der Waals surface area contributed by atoms with Gasteiger partial charge in [-0.15, -0.1) is 0 Å². The van der Waals surface area contributed by atoms with Gasteiger partial charge in [-0.25, -0.2) is 0 Å². The predicted octanol–water partition coefficient (Wildman–Crippen LogP) is 3.78. The number of H-pyrrole nitrogens is 1. The molecule has 0 aliphatic carbocycles. The topological polar surface area (TPSA) is 74.8 Å². The quantitative estimate of drug-likeness (QED) is 0.702. The van der Waals surface area contributed by atoms with E-state index >= 15 is 0 Å². The van der Waals surface area contributed by atoms with Crippen LogP contribution >= 0.6 is 0 Å². The molecular weight excluding hydrogens is 302 g/mol. The highest BCUT2D eigenvalue weighted by Crippen LogP contribution is 2.17. The van der Waals surface area contributed by atoms with E-state index < -0.39 is 0 Å². The molecule has 2 aromatic carbocycles. The fraction of sp³-hybridized carbons (Fsp3) is 0.211. The van der Waals surface area contributed by atoms with E-state index in [-0.39, 0.29) is 24.5 Å². The summed E-state index contributed by atoms with van der Waals surface area (Å²) in [5.74, 6) is -0.187. The van der Waals surface area contributed by atoms with Crippen LogP contribution in [0, 0.1) is 13.8 Å². The molecule has 1 heterocycles. The SMILES string of the molecule is Cc1ccc(C(=O)CCC(=O)Nc2ccc3[nH]ncc3c2)cc1C. The molecule has 3 rings (SSSR count). The Hall–Kier alpha value is -2.95. The zero-order valence-electron chi connectivity index (χ0n) is 13.7. The number of carbonyl (C=O) groups excluding carboxylic acids is 2. The van der Waals surface area contributed by atoms with Crippen molar-refractivity contribution in [1.29, 1.82) is 0 Å². The maximum atomic E-state index is 12.2. The molecule has 0 saturated carbocycles. The Balaban J connectivity index is 1.58. The first kappa shape index (κ1) is 15.9. The van der Waals surface area contributed by atoms with Crippen molar-refractivity contribution in [2.45, 2.75) is 26.7 Å². The van der Waals surface area contributed by atoms with Gasteiger partial charge >= 0.3 is 0 Å². The minimum absolute atomic E-state index is 0.0152. The number of fused-ring (bicyclic) bond motifs is 1. The van der Waals surface area contributed by atoms with Crippen molar-refractivity contribution in [2.24, 2.45) is 0 Å². The van der Waals surface area contributed by atoms with Crippen molar-refractivity contribution in [3.05, 3.63) is 59.3 Å². The fourth-order valence-corrected chi connectivity index (χ4v) is 2.53. The molecule has 0 fully saturated rings. The molecule has 5 heteroatoms. The Morgan fingerprint density at radius 3 is 2.67 bits per heavy atom. The third kappa shape index (κ3) is 3.51. The summed E-state index contributed by atoms with van der Waals surface area (Å²) in [6.07, 6.45) is 2.06. The molecular formula is C19H19N3O2. The van der Waals surface area contributed by atoms with Gasteiger partial charge in [-0.2, -0.15) is 5.10 Å². The number of amides is 1. The van der Waals surface area contributed by atoms with Crippen molar-refractivity contribution in [2.75, 3.05) is 5.32 Å². The molecule has 0 aliphatic heterocycles. The maximum absolute atomic E-state index is 12.2. The summed E-state index contributed by atoms with van der Waals surface area (Å²) in [5.41, 5.74) is 4.51. The normalized spacial score (nSPS) is 10.8. The van der Waals surface area contributed by atoms with Crippen LogP contribution in [0.1, 0.15) is 34.3 Å². The second kappa shape index (κ2) is 6.66. The number of rotatable bonds is 5. The Morgan fingerprint density at radius 1 is 1.04 bits per heavy atom. The van der Waals surface area contributed by atoms with Gasteiger partial charge in [-0.3, -0.25) is 14.7 Å². The minimum atomic E-state index is -0.171. The van der Waals surface area contributed by atoms with Crippen molar-refractivity contribution in [3.8, 4) is 0 Å². The van der Waals surface area contributed by atoms with Gasteiger partial charge in [0.25, 0.3) is 0 Å². The number of aromatic nitrogens is 2. The number of nitrogens with one attached hydrogen (secondary N) is 2. The van der Waals surface area contributed by atoms with Crippen LogP contribution in [-0.4, -0.2) is 21.9 Å².